The van der Waals surface area contributed by atoms with Crippen molar-refractivity contribution in [2.24, 2.45) is 0 Å². The molecule has 0 unspecified atom stereocenters. The zero-order valence-corrected chi connectivity index (χ0v) is 17.1. The van der Waals surface area contributed by atoms with Crippen molar-refractivity contribution in [3.05, 3.63) is 64.3 Å². The number of thiocarbonyl (C=S) groups is 1. The number of carbonyl (C=O) groups excluding carboxylic acids is 1. The highest BCUT2D eigenvalue weighted by Crippen LogP contribution is 2.37. The maximum Gasteiger partial charge on any atom is 0.337 e. The Morgan fingerprint density at radius 3 is 2.46 bits per heavy atom. The minimum absolute atomic E-state index is 0.0327. The van der Waals surface area contributed by atoms with Crippen molar-refractivity contribution in [3.63, 3.8) is 0 Å². The topological polar surface area (TPSA) is 71.0 Å². The monoisotopic (exact) mass is 418 g/mol. The van der Waals surface area contributed by atoms with Gasteiger partial charge in [-0.05, 0) is 61.1 Å². The lowest BCUT2D eigenvalue weighted by Crippen LogP contribution is -2.48. The Bertz CT molecular complexity index is 959. The molecule has 0 fully saturated rings. The van der Waals surface area contributed by atoms with Gasteiger partial charge in [0.05, 0.1) is 25.8 Å². The number of anilines is 1. The Morgan fingerprint density at radius 2 is 1.89 bits per heavy atom. The lowest BCUT2D eigenvalue weighted by atomic mass is 9.94. The molecule has 6 nitrogen and oxygen atoms in total. The first-order valence-corrected chi connectivity index (χ1v) is 9.18. The van der Waals surface area contributed by atoms with Crippen molar-refractivity contribution in [1.82, 2.24) is 5.32 Å². The maximum atomic E-state index is 12.6. The lowest BCUT2D eigenvalue weighted by Gasteiger charge is -2.37. The number of esters is 1. The highest BCUT2D eigenvalue weighted by molar-refractivity contribution is 7.80. The number of nitrogens with one attached hydrogen (secondary N) is 1. The second-order valence-electron chi connectivity index (χ2n) is 6.12. The number of phenolic OH excluding ortho intramolecular Hbond substituents is 1. The average molecular weight is 419 g/mol. The van der Waals surface area contributed by atoms with Crippen LogP contribution in [0, 0.1) is 0 Å². The Hall–Kier alpha value is -2.77. The van der Waals surface area contributed by atoms with E-state index in [0.29, 0.717) is 32.7 Å². The van der Waals surface area contributed by atoms with E-state index in [4.69, 9.17) is 33.3 Å². The molecule has 0 aromatic heterocycles. The summed E-state index contributed by atoms with van der Waals surface area (Å²) in [5.41, 5.74) is 2.42. The van der Waals surface area contributed by atoms with Crippen LogP contribution in [0.3, 0.4) is 0 Å². The first-order chi connectivity index (χ1) is 13.4. The third-order valence-corrected chi connectivity index (χ3v) is 5.06. The molecule has 0 bridgehead atoms. The molecule has 2 aromatic rings. The molecule has 0 spiro atoms. The number of hydrogen-bond donors (Lipinski definition) is 2. The molecule has 3 rings (SSSR count). The normalized spacial score (nSPS) is 16.6. The third kappa shape index (κ3) is 3.63. The number of allylic oxidation sites excluding steroid dienone is 1. The predicted octanol–water partition coefficient (Wildman–Crippen LogP) is 3.94. The third-order valence-electron chi connectivity index (χ3n) is 4.51. The fourth-order valence-corrected chi connectivity index (χ4v) is 3.64. The number of carbonyl (C=O) groups is 1. The summed E-state index contributed by atoms with van der Waals surface area (Å²) in [6, 6.07) is 11.5. The number of rotatable bonds is 4. The highest BCUT2D eigenvalue weighted by Gasteiger charge is 2.35. The van der Waals surface area contributed by atoms with E-state index in [1.54, 1.807) is 36.1 Å². The molecule has 0 radical (unpaired) electrons. The Kier molecular flexibility index (Phi) is 5.76. The van der Waals surface area contributed by atoms with E-state index < -0.39 is 12.0 Å². The Morgan fingerprint density at radius 1 is 1.21 bits per heavy atom. The number of hydrogen-bond acceptors (Lipinski definition) is 5. The van der Waals surface area contributed by atoms with Crippen molar-refractivity contribution in [2.45, 2.75) is 13.0 Å². The summed E-state index contributed by atoms with van der Waals surface area (Å²) in [6.07, 6.45) is 0. The van der Waals surface area contributed by atoms with Crippen LogP contribution >= 0.6 is 23.8 Å². The zero-order valence-electron chi connectivity index (χ0n) is 15.5. The van der Waals surface area contributed by atoms with Crippen molar-refractivity contribution in [3.8, 4) is 11.5 Å². The molecule has 8 heteroatoms. The Labute approximate surface area is 173 Å². The molecule has 2 N–H and O–H groups in total. The van der Waals surface area contributed by atoms with Gasteiger partial charge in [0.1, 0.15) is 0 Å². The van der Waals surface area contributed by atoms with Crippen molar-refractivity contribution >= 4 is 40.6 Å². The number of phenols is 1. The maximum absolute atomic E-state index is 12.6. The van der Waals surface area contributed by atoms with Gasteiger partial charge in [-0.25, -0.2) is 4.79 Å². The summed E-state index contributed by atoms with van der Waals surface area (Å²) in [5, 5.41) is 14.3. The Balaban J connectivity index is 2.12. The molecule has 1 aliphatic rings. The number of halogens is 1. The molecule has 146 valence electrons. The van der Waals surface area contributed by atoms with Crippen molar-refractivity contribution in [1.29, 1.82) is 0 Å². The highest BCUT2D eigenvalue weighted by atomic mass is 35.5. The standard InChI is InChI=1S/C20H19ClN2O4S/c1-11-17(19(25)27-3)18(12-4-9-16(26-2)15(24)10-12)22-20(28)23(11)14-7-5-13(21)6-8-14/h4-10,18,24H,1-3H3,(H,22,28)/t18-/m1/s1. The van der Waals surface area contributed by atoms with E-state index in [9.17, 15) is 9.90 Å². The summed E-state index contributed by atoms with van der Waals surface area (Å²) < 4.78 is 10.1. The number of nitrogens with zero attached hydrogens (tertiary/aromatic N) is 1. The summed E-state index contributed by atoms with van der Waals surface area (Å²) in [5.74, 6) is -0.188. The minimum atomic E-state index is -0.583. The van der Waals surface area contributed by atoms with Crippen molar-refractivity contribution in [2.75, 3.05) is 19.1 Å². The molecule has 0 aliphatic carbocycles. The van der Waals surface area contributed by atoms with E-state index in [1.165, 1.54) is 20.3 Å². The van der Waals surface area contributed by atoms with Crippen LogP contribution in [0.25, 0.3) is 0 Å². The van der Waals surface area contributed by atoms with E-state index in [-0.39, 0.29) is 5.75 Å². The van der Waals surface area contributed by atoms with Gasteiger partial charge >= 0.3 is 5.97 Å². The van der Waals surface area contributed by atoms with Crippen LogP contribution in [0.4, 0.5) is 5.69 Å². The van der Waals surface area contributed by atoms with Gasteiger partial charge < -0.3 is 19.9 Å². The summed E-state index contributed by atoms with van der Waals surface area (Å²) in [4.78, 5) is 14.4. The van der Waals surface area contributed by atoms with Gasteiger partial charge in [-0.3, -0.25) is 4.90 Å². The molecule has 28 heavy (non-hydrogen) atoms. The largest absolute Gasteiger partial charge is 0.504 e. The van der Waals surface area contributed by atoms with E-state index in [1.807, 2.05) is 12.1 Å². The van der Waals surface area contributed by atoms with Gasteiger partial charge in [0.25, 0.3) is 0 Å². The summed E-state index contributed by atoms with van der Waals surface area (Å²) >= 11 is 11.5. The fourth-order valence-electron chi connectivity index (χ4n) is 3.16. The van der Waals surface area contributed by atoms with E-state index in [0.717, 1.165) is 5.69 Å². The van der Waals surface area contributed by atoms with Gasteiger partial charge in [0.15, 0.2) is 16.6 Å². The molecular weight excluding hydrogens is 400 g/mol. The van der Waals surface area contributed by atoms with Gasteiger partial charge in [-0.1, -0.05) is 17.7 Å². The number of benzene rings is 2. The molecular formula is C20H19ClN2O4S. The second kappa shape index (κ2) is 8.08. The quantitative estimate of drug-likeness (QED) is 0.575. The predicted molar refractivity (Wildman–Crippen MR) is 112 cm³/mol. The van der Waals surface area contributed by atoms with E-state index >= 15 is 0 Å². The van der Waals surface area contributed by atoms with Gasteiger partial charge in [0, 0.05) is 16.4 Å². The smallest absolute Gasteiger partial charge is 0.337 e. The average Bonchev–Trinajstić information content (AvgIpc) is 2.68. The second-order valence-corrected chi connectivity index (χ2v) is 6.94. The van der Waals surface area contributed by atoms with Crippen LogP contribution in [0.15, 0.2) is 53.7 Å². The zero-order chi connectivity index (χ0) is 20.4. The van der Waals surface area contributed by atoms with E-state index in [2.05, 4.69) is 5.32 Å². The van der Waals surface area contributed by atoms with Crippen LogP contribution in [0.1, 0.15) is 18.5 Å². The molecule has 1 aliphatic heterocycles. The lowest BCUT2D eigenvalue weighted by molar-refractivity contribution is -0.136. The van der Waals surface area contributed by atoms with Crippen molar-refractivity contribution < 1.29 is 19.4 Å². The van der Waals surface area contributed by atoms with Crippen LogP contribution in [-0.4, -0.2) is 30.4 Å². The van der Waals surface area contributed by atoms with Crippen LogP contribution < -0.4 is 15.0 Å². The summed E-state index contributed by atoms with van der Waals surface area (Å²) in [6.45, 7) is 1.80. The molecule has 0 saturated heterocycles. The van der Waals surface area contributed by atoms with Gasteiger partial charge in [0.2, 0.25) is 0 Å². The fraction of sp³-hybridized carbons (Fsp3) is 0.200. The number of methoxy groups -OCH3 is 2. The van der Waals surface area contributed by atoms with Gasteiger partial charge in [-0.2, -0.15) is 0 Å². The van der Waals surface area contributed by atoms with Crippen LogP contribution in [-0.2, 0) is 9.53 Å². The SMILES string of the molecule is COC(=O)C1=C(C)N(c2ccc(Cl)cc2)C(=S)N[C@@H]1c1ccc(OC)c(O)c1. The first kappa shape index (κ1) is 20.0. The number of aromatic hydroxyl groups is 1. The minimum Gasteiger partial charge on any atom is -0.504 e. The van der Waals surface area contributed by atoms with Crippen LogP contribution in [0.2, 0.25) is 5.02 Å². The summed E-state index contributed by atoms with van der Waals surface area (Å²) in [7, 11) is 2.79. The molecule has 1 heterocycles. The van der Waals surface area contributed by atoms with Gasteiger partial charge in [-0.15, -0.1) is 0 Å². The molecule has 0 amide bonds. The van der Waals surface area contributed by atoms with Crippen LogP contribution in [0.5, 0.6) is 11.5 Å². The molecule has 1 atom stereocenters. The molecule has 2 aromatic carbocycles. The first-order valence-electron chi connectivity index (χ1n) is 8.39. The molecule has 0 saturated carbocycles. The number of ether oxygens (including phenoxy) is 2.